The second kappa shape index (κ2) is 7.68. The van der Waals surface area contributed by atoms with Crippen LogP contribution in [0.15, 0.2) is 24.3 Å². The maximum Gasteiger partial charge on any atom is 0.254 e. The molecule has 5 nitrogen and oxygen atoms in total. The number of aliphatic hydroxyl groups is 1. The lowest BCUT2D eigenvalue weighted by atomic mass is 10.2. The SMILES string of the molecule is CNc1ccc(C(=O)N(CCO)CCOC)cc1. The Hall–Kier alpha value is -1.59. The molecule has 100 valence electrons. The number of nitrogens with zero attached hydrogens (tertiary/aromatic N) is 1. The predicted molar refractivity (Wildman–Crippen MR) is 70.9 cm³/mol. The van der Waals surface area contributed by atoms with Gasteiger partial charge in [0.2, 0.25) is 0 Å². The van der Waals surface area contributed by atoms with Gasteiger partial charge >= 0.3 is 0 Å². The number of rotatable bonds is 7. The molecule has 1 aromatic rings. The molecule has 0 fully saturated rings. The number of ether oxygens (including phenoxy) is 1. The Kier molecular flexibility index (Phi) is 6.18. The molecular formula is C13H20N2O3. The second-order valence-corrected chi connectivity index (χ2v) is 3.84. The third kappa shape index (κ3) is 4.01. The lowest BCUT2D eigenvalue weighted by molar-refractivity contribution is 0.0656. The lowest BCUT2D eigenvalue weighted by Crippen LogP contribution is -2.36. The topological polar surface area (TPSA) is 61.8 Å². The molecule has 0 unspecified atom stereocenters. The van der Waals surface area contributed by atoms with Crippen LogP contribution < -0.4 is 5.32 Å². The Morgan fingerprint density at radius 2 is 2.00 bits per heavy atom. The van der Waals surface area contributed by atoms with Crippen molar-refractivity contribution in [2.24, 2.45) is 0 Å². The Balaban J connectivity index is 2.73. The molecule has 1 rings (SSSR count). The summed E-state index contributed by atoms with van der Waals surface area (Å²) < 4.78 is 4.96. The number of methoxy groups -OCH3 is 1. The van der Waals surface area contributed by atoms with Crippen LogP contribution in [0, 0.1) is 0 Å². The van der Waals surface area contributed by atoms with E-state index in [0.29, 0.717) is 25.3 Å². The molecule has 0 atom stereocenters. The van der Waals surface area contributed by atoms with Crippen LogP contribution in [0.25, 0.3) is 0 Å². The Morgan fingerprint density at radius 3 is 2.50 bits per heavy atom. The average Bonchev–Trinajstić information content (AvgIpc) is 2.43. The lowest BCUT2D eigenvalue weighted by Gasteiger charge is -2.21. The van der Waals surface area contributed by atoms with Gasteiger partial charge in [0.05, 0.1) is 13.2 Å². The minimum Gasteiger partial charge on any atom is -0.395 e. The van der Waals surface area contributed by atoms with E-state index in [1.807, 2.05) is 19.2 Å². The molecule has 1 amide bonds. The van der Waals surface area contributed by atoms with Crippen LogP contribution in [-0.2, 0) is 4.74 Å². The first-order valence-corrected chi connectivity index (χ1v) is 5.89. The largest absolute Gasteiger partial charge is 0.395 e. The number of aliphatic hydroxyl groups excluding tert-OH is 1. The van der Waals surface area contributed by atoms with Gasteiger partial charge in [-0.1, -0.05) is 0 Å². The fraction of sp³-hybridized carbons (Fsp3) is 0.462. The fourth-order valence-electron chi connectivity index (χ4n) is 1.60. The quantitative estimate of drug-likeness (QED) is 0.754. The van der Waals surface area contributed by atoms with Gasteiger partial charge in [-0.3, -0.25) is 4.79 Å². The van der Waals surface area contributed by atoms with Crippen molar-refractivity contribution in [1.29, 1.82) is 0 Å². The van der Waals surface area contributed by atoms with Crippen molar-refractivity contribution in [1.82, 2.24) is 4.90 Å². The van der Waals surface area contributed by atoms with E-state index in [1.165, 1.54) is 0 Å². The van der Waals surface area contributed by atoms with E-state index < -0.39 is 0 Å². The molecule has 5 heteroatoms. The molecule has 18 heavy (non-hydrogen) atoms. The van der Waals surface area contributed by atoms with Gasteiger partial charge in [-0.2, -0.15) is 0 Å². The summed E-state index contributed by atoms with van der Waals surface area (Å²) in [7, 11) is 3.41. The predicted octanol–water partition coefficient (Wildman–Crippen LogP) is 0.809. The number of nitrogens with one attached hydrogen (secondary N) is 1. The zero-order valence-corrected chi connectivity index (χ0v) is 10.8. The van der Waals surface area contributed by atoms with Gasteiger partial charge in [0.1, 0.15) is 0 Å². The molecule has 0 saturated heterocycles. The first kappa shape index (κ1) is 14.5. The first-order chi connectivity index (χ1) is 8.72. The monoisotopic (exact) mass is 252 g/mol. The van der Waals surface area contributed by atoms with Gasteiger partial charge in [-0.15, -0.1) is 0 Å². The molecule has 1 aromatic carbocycles. The standard InChI is InChI=1S/C13H20N2O3/c1-14-12-5-3-11(4-6-12)13(17)15(7-9-16)8-10-18-2/h3-6,14,16H,7-10H2,1-2H3. The van der Waals surface area contributed by atoms with E-state index in [1.54, 1.807) is 24.1 Å². The van der Waals surface area contributed by atoms with E-state index in [9.17, 15) is 4.79 Å². The number of anilines is 1. The Morgan fingerprint density at radius 1 is 1.33 bits per heavy atom. The fourth-order valence-corrected chi connectivity index (χ4v) is 1.60. The van der Waals surface area contributed by atoms with E-state index in [-0.39, 0.29) is 12.5 Å². The van der Waals surface area contributed by atoms with E-state index in [2.05, 4.69) is 5.32 Å². The summed E-state index contributed by atoms with van der Waals surface area (Å²) in [6.45, 7) is 1.20. The molecule has 0 aliphatic rings. The van der Waals surface area contributed by atoms with Gasteiger partial charge in [0.25, 0.3) is 5.91 Å². The van der Waals surface area contributed by atoms with E-state index >= 15 is 0 Å². The molecule has 0 aliphatic carbocycles. The van der Waals surface area contributed by atoms with Crippen LogP contribution >= 0.6 is 0 Å². The number of carbonyl (C=O) groups excluding carboxylic acids is 1. The van der Waals surface area contributed by atoms with Gasteiger partial charge < -0.3 is 20.1 Å². The summed E-state index contributed by atoms with van der Waals surface area (Å²) >= 11 is 0. The summed E-state index contributed by atoms with van der Waals surface area (Å²) in [5.41, 5.74) is 1.57. The normalized spacial score (nSPS) is 10.2. The maximum atomic E-state index is 12.2. The number of carbonyl (C=O) groups is 1. The zero-order chi connectivity index (χ0) is 13.4. The molecular weight excluding hydrogens is 232 g/mol. The summed E-state index contributed by atoms with van der Waals surface area (Å²) in [5.74, 6) is -0.0937. The van der Waals surface area contributed by atoms with Crippen molar-refractivity contribution >= 4 is 11.6 Å². The van der Waals surface area contributed by atoms with Crippen LogP contribution in [0.1, 0.15) is 10.4 Å². The van der Waals surface area contributed by atoms with Gasteiger partial charge in [-0.25, -0.2) is 0 Å². The highest BCUT2D eigenvalue weighted by Crippen LogP contribution is 2.10. The summed E-state index contributed by atoms with van der Waals surface area (Å²) in [6.07, 6.45) is 0. The van der Waals surface area contributed by atoms with Crippen LogP contribution in [0.2, 0.25) is 0 Å². The second-order valence-electron chi connectivity index (χ2n) is 3.84. The number of amides is 1. The number of hydrogen-bond donors (Lipinski definition) is 2. The molecule has 0 aliphatic heterocycles. The zero-order valence-electron chi connectivity index (χ0n) is 10.8. The molecule has 0 aromatic heterocycles. The van der Waals surface area contributed by atoms with Crippen molar-refractivity contribution < 1.29 is 14.6 Å². The smallest absolute Gasteiger partial charge is 0.254 e. The van der Waals surface area contributed by atoms with Crippen molar-refractivity contribution in [3.8, 4) is 0 Å². The molecule has 0 radical (unpaired) electrons. The highest BCUT2D eigenvalue weighted by atomic mass is 16.5. The van der Waals surface area contributed by atoms with E-state index in [4.69, 9.17) is 9.84 Å². The molecule has 0 saturated carbocycles. The molecule has 0 spiro atoms. The van der Waals surface area contributed by atoms with Crippen molar-refractivity contribution in [3.63, 3.8) is 0 Å². The average molecular weight is 252 g/mol. The highest BCUT2D eigenvalue weighted by Gasteiger charge is 2.14. The third-order valence-corrected chi connectivity index (χ3v) is 2.64. The Labute approximate surface area is 107 Å². The van der Waals surface area contributed by atoms with Crippen molar-refractivity contribution in [2.45, 2.75) is 0 Å². The van der Waals surface area contributed by atoms with Gasteiger partial charge in [0, 0.05) is 38.5 Å². The van der Waals surface area contributed by atoms with Crippen LogP contribution in [0.4, 0.5) is 5.69 Å². The summed E-state index contributed by atoms with van der Waals surface area (Å²) in [6, 6.07) is 7.23. The van der Waals surface area contributed by atoms with Crippen molar-refractivity contribution in [3.05, 3.63) is 29.8 Å². The number of benzene rings is 1. The summed E-state index contributed by atoms with van der Waals surface area (Å²) in [5, 5.41) is 12.0. The first-order valence-electron chi connectivity index (χ1n) is 5.89. The summed E-state index contributed by atoms with van der Waals surface area (Å²) in [4.78, 5) is 13.8. The minimum atomic E-state index is -0.0937. The molecule has 2 N–H and O–H groups in total. The minimum absolute atomic E-state index is 0.0515. The van der Waals surface area contributed by atoms with Crippen LogP contribution in [0.3, 0.4) is 0 Å². The Bertz CT molecular complexity index is 365. The van der Waals surface area contributed by atoms with Crippen molar-refractivity contribution in [2.75, 3.05) is 45.8 Å². The highest BCUT2D eigenvalue weighted by molar-refractivity contribution is 5.94. The van der Waals surface area contributed by atoms with Crippen LogP contribution in [-0.4, -0.2) is 56.4 Å². The molecule has 0 heterocycles. The maximum absolute atomic E-state index is 12.2. The van der Waals surface area contributed by atoms with Gasteiger partial charge in [0.15, 0.2) is 0 Å². The van der Waals surface area contributed by atoms with Gasteiger partial charge in [-0.05, 0) is 24.3 Å². The third-order valence-electron chi connectivity index (χ3n) is 2.64. The van der Waals surface area contributed by atoms with Crippen LogP contribution in [0.5, 0.6) is 0 Å². The molecule has 0 bridgehead atoms. The van der Waals surface area contributed by atoms with E-state index in [0.717, 1.165) is 5.69 Å². The number of hydrogen-bond acceptors (Lipinski definition) is 4.